The standard InChI is InChI=1S/C21H16Br2/c1-21(2)17-9-5-3-7-13(17)15-11-16(20(23)12-18(15)21)14-8-4-6-10-19(14)22/h3-12H,1-2H3. The third kappa shape index (κ3) is 2.23. The van der Waals surface area contributed by atoms with E-state index < -0.39 is 0 Å². The van der Waals surface area contributed by atoms with E-state index in [2.05, 4.69) is 100 Å². The van der Waals surface area contributed by atoms with Crippen LogP contribution < -0.4 is 0 Å². The largest absolute Gasteiger partial charge is 0.0619 e. The van der Waals surface area contributed by atoms with Gasteiger partial charge in [0.1, 0.15) is 0 Å². The lowest BCUT2D eigenvalue weighted by Gasteiger charge is -2.22. The minimum absolute atomic E-state index is 0.0426. The number of rotatable bonds is 1. The molecule has 0 aliphatic heterocycles. The van der Waals surface area contributed by atoms with Crippen LogP contribution in [0.15, 0.2) is 69.6 Å². The first-order chi connectivity index (χ1) is 11.0. The molecule has 1 aliphatic rings. The number of fused-ring (bicyclic) bond motifs is 3. The lowest BCUT2D eigenvalue weighted by Crippen LogP contribution is -2.14. The van der Waals surface area contributed by atoms with Crippen molar-refractivity contribution in [1.29, 1.82) is 0 Å². The SMILES string of the molecule is CC1(C)c2ccccc2-c2cc(-c3ccccc3Br)c(Br)cc21. The molecule has 2 heteroatoms. The van der Waals surface area contributed by atoms with Crippen molar-refractivity contribution in [3.05, 3.63) is 80.7 Å². The van der Waals surface area contributed by atoms with Gasteiger partial charge in [0.25, 0.3) is 0 Å². The maximum atomic E-state index is 3.80. The van der Waals surface area contributed by atoms with Gasteiger partial charge in [-0.3, -0.25) is 0 Å². The molecular formula is C21H16Br2. The molecule has 0 spiro atoms. The molecule has 0 atom stereocenters. The van der Waals surface area contributed by atoms with E-state index in [-0.39, 0.29) is 5.41 Å². The van der Waals surface area contributed by atoms with E-state index in [1.807, 2.05) is 6.07 Å². The van der Waals surface area contributed by atoms with Gasteiger partial charge in [-0.05, 0) is 51.6 Å². The topological polar surface area (TPSA) is 0 Å². The van der Waals surface area contributed by atoms with E-state index in [0.717, 1.165) is 8.95 Å². The number of benzene rings is 3. The molecule has 0 unspecified atom stereocenters. The summed E-state index contributed by atoms with van der Waals surface area (Å²) in [6.45, 7) is 4.62. The molecule has 1 aliphatic carbocycles. The average Bonchev–Trinajstić information content (AvgIpc) is 2.76. The molecule has 4 rings (SSSR count). The molecule has 0 aromatic heterocycles. The molecule has 23 heavy (non-hydrogen) atoms. The highest BCUT2D eigenvalue weighted by Gasteiger charge is 2.35. The van der Waals surface area contributed by atoms with Gasteiger partial charge in [-0.25, -0.2) is 0 Å². The van der Waals surface area contributed by atoms with Crippen LogP contribution in [0.1, 0.15) is 25.0 Å². The fraction of sp³-hybridized carbons (Fsp3) is 0.143. The molecule has 0 heterocycles. The highest BCUT2D eigenvalue weighted by atomic mass is 79.9. The van der Waals surface area contributed by atoms with Crippen molar-refractivity contribution < 1.29 is 0 Å². The van der Waals surface area contributed by atoms with E-state index in [1.165, 1.54) is 33.4 Å². The zero-order chi connectivity index (χ0) is 16.2. The van der Waals surface area contributed by atoms with E-state index in [4.69, 9.17) is 0 Å². The second-order valence-corrected chi connectivity index (χ2v) is 8.24. The Morgan fingerprint density at radius 3 is 2.00 bits per heavy atom. The Labute approximate surface area is 153 Å². The van der Waals surface area contributed by atoms with E-state index in [0.29, 0.717) is 0 Å². The van der Waals surface area contributed by atoms with Gasteiger partial charge < -0.3 is 0 Å². The normalized spacial score (nSPS) is 14.4. The van der Waals surface area contributed by atoms with E-state index in [9.17, 15) is 0 Å². The zero-order valence-electron chi connectivity index (χ0n) is 13.0. The molecule has 0 bridgehead atoms. The van der Waals surface area contributed by atoms with Crippen LogP contribution in [0.5, 0.6) is 0 Å². The second-order valence-electron chi connectivity index (χ2n) is 6.53. The minimum atomic E-state index is 0.0426. The number of hydrogen-bond donors (Lipinski definition) is 0. The van der Waals surface area contributed by atoms with Gasteiger partial charge in [0.2, 0.25) is 0 Å². The van der Waals surface area contributed by atoms with Crippen LogP contribution in [0.4, 0.5) is 0 Å². The Kier molecular flexibility index (Phi) is 3.51. The summed E-state index contributed by atoms with van der Waals surface area (Å²) in [7, 11) is 0. The van der Waals surface area contributed by atoms with Gasteiger partial charge in [0, 0.05) is 14.4 Å². The molecule has 0 nitrogen and oxygen atoms in total. The Balaban J connectivity index is 2.02. The molecule has 0 N–H and O–H groups in total. The lowest BCUT2D eigenvalue weighted by molar-refractivity contribution is 0.660. The van der Waals surface area contributed by atoms with Crippen LogP contribution in [0.2, 0.25) is 0 Å². The van der Waals surface area contributed by atoms with Crippen LogP contribution >= 0.6 is 31.9 Å². The fourth-order valence-electron chi connectivity index (χ4n) is 3.61. The summed E-state index contributed by atoms with van der Waals surface area (Å²) in [5, 5.41) is 0. The first-order valence-corrected chi connectivity index (χ1v) is 9.27. The first kappa shape index (κ1) is 15.2. The summed E-state index contributed by atoms with van der Waals surface area (Å²) >= 11 is 7.48. The van der Waals surface area contributed by atoms with Crippen molar-refractivity contribution in [2.45, 2.75) is 19.3 Å². The van der Waals surface area contributed by atoms with Crippen molar-refractivity contribution in [1.82, 2.24) is 0 Å². The summed E-state index contributed by atoms with van der Waals surface area (Å²) in [4.78, 5) is 0. The molecule has 114 valence electrons. The first-order valence-electron chi connectivity index (χ1n) is 7.69. The molecular weight excluding hydrogens is 412 g/mol. The second kappa shape index (κ2) is 5.32. The van der Waals surface area contributed by atoms with E-state index in [1.54, 1.807) is 0 Å². The molecule has 3 aromatic carbocycles. The molecule has 0 saturated carbocycles. The summed E-state index contributed by atoms with van der Waals surface area (Å²) in [6, 6.07) is 21.7. The number of hydrogen-bond acceptors (Lipinski definition) is 0. The van der Waals surface area contributed by atoms with Crippen LogP contribution in [-0.2, 0) is 5.41 Å². The van der Waals surface area contributed by atoms with Crippen LogP contribution in [0, 0.1) is 0 Å². The summed E-state index contributed by atoms with van der Waals surface area (Å²) < 4.78 is 2.26. The van der Waals surface area contributed by atoms with Gasteiger partial charge in [0.15, 0.2) is 0 Å². The van der Waals surface area contributed by atoms with Crippen molar-refractivity contribution in [3.8, 4) is 22.3 Å². The maximum absolute atomic E-state index is 3.80. The highest BCUT2D eigenvalue weighted by molar-refractivity contribution is 9.11. The quantitative estimate of drug-likeness (QED) is 0.385. The monoisotopic (exact) mass is 426 g/mol. The van der Waals surface area contributed by atoms with Gasteiger partial charge in [-0.2, -0.15) is 0 Å². The van der Waals surface area contributed by atoms with Gasteiger partial charge in [0.05, 0.1) is 0 Å². The molecule has 3 aromatic rings. The molecule has 0 fully saturated rings. The molecule has 0 saturated heterocycles. The highest BCUT2D eigenvalue weighted by Crippen LogP contribution is 2.51. The van der Waals surface area contributed by atoms with Crippen molar-refractivity contribution in [2.24, 2.45) is 0 Å². The Morgan fingerprint density at radius 1 is 0.609 bits per heavy atom. The maximum Gasteiger partial charge on any atom is 0.0257 e. The predicted molar refractivity (Wildman–Crippen MR) is 105 cm³/mol. The zero-order valence-corrected chi connectivity index (χ0v) is 16.2. The summed E-state index contributed by atoms with van der Waals surface area (Å²) in [5.41, 5.74) is 7.98. The van der Waals surface area contributed by atoms with Crippen molar-refractivity contribution in [3.63, 3.8) is 0 Å². The third-order valence-corrected chi connectivity index (χ3v) is 6.18. The number of halogens is 2. The van der Waals surface area contributed by atoms with Gasteiger partial charge in [-0.15, -0.1) is 0 Å². The van der Waals surface area contributed by atoms with Gasteiger partial charge in [-0.1, -0.05) is 88.2 Å². The molecule has 0 amide bonds. The minimum Gasteiger partial charge on any atom is -0.0619 e. The summed E-state index contributed by atoms with van der Waals surface area (Å²) in [6.07, 6.45) is 0. The van der Waals surface area contributed by atoms with Crippen LogP contribution in [0.25, 0.3) is 22.3 Å². The molecule has 0 radical (unpaired) electrons. The van der Waals surface area contributed by atoms with Crippen molar-refractivity contribution >= 4 is 31.9 Å². The lowest BCUT2D eigenvalue weighted by atomic mass is 9.82. The Morgan fingerprint density at radius 2 is 1.26 bits per heavy atom. The van der Waals surface area contributed by atoms with E-state index >= 15 is 0 Å². The van der Waals surface area contributed by atoms with Crippen LogP contribution in [-0.4, -0.2) is 0 Å². The Hall–Kier alpha value is -1.38. The third-order valence-electron chi connectivity index (χ3n) is 4.84. The smallest absolute Gasteiger partial charge is 0.0257 e. The van der Waals surface area contributed by atoms with Gasteiger partial charge >= 0.3 is 0 Å². The predicted octanol–water partition coefficient (Wildman–Crippen LogP) is 7.18. The summed E-state index contributed by atoms with van der Waals surface area (Å²) in [5.74, 6) is 0. The van der Waals surface area contributed by atoms with Crippen molar-refractivity contribution in [2.75, 3.05) is 0 Å². The average molecular weight is 428 g/mol. The Bertz CT molecular complexity index is 923. The van der Waals surface area contributed by atoms with Crippen LogP contribution in [0.3, 0.4) is 0 Å². The fourth-order valence-corrected chi connectivity index (χ4v) is 4.66.